The van der Waals surface area contributed by atoms with Crippen LogP contribution in [0.15, 0.2) is 79.1 Å². The van der Waals surface area contributed by atoms with E-state index in [-0.39, 0.29) is 49.0 Å². The number of rotatable bonds is 18. The topological polar surface area (TPSA) is 203 Å². The Kier molecular flexibility index (Phi) is 12.7. The fourth-order valence-electron chi connectivity index (χ4n) is 7.70. The van der Waals surface area contributed by atoms with Gasteiger partial charge in [-0.25, -0.2) is 14.6 Å². The molecule has 4 amide bonds. The predicted octanol–water partition coefficient (Wildman–Crippen LogP) is 4.03. The minimum absolute atomic E-state index is 0.0502. The quantitative estimate of drug-likeness (QED) is 0.0948. The number of para-hydroxylation sites is 1. The first-order valence-corrected chi connectivity index (χ1v) is 20.1. The summed E-state index contributed by atoms with van der Waals surface area (Å²) >= 11 is 0. The van der Waals surface area contributed by atoms with Crippen LogP contribution in [0, 0.1) is 0 Å². The van der Waals surface area contributed by atoms with Crippen LogP contribution in [0.4, 0.5) is 5.82 Å². The number of nitrogen functional groups attached to an aromatic ring is 1. The van der Waals surface area contributed by atoms with Gasteiger partial charge in [0.05, 0.1) is 62.2 Å². The number of benzene rings is 3. The zero-order valence-corrected chi connectivity index (χ0v) is 33.0. The molecule has 2 fully saturated rings. The summed E-state index contributed by atoms with van der Waals surface area (Å²) in [6.45, 7) is 5.18. The summed E-state index contributed by atoms with van der Waals surface area (Å²) in [5, 5.41) is 7.99. The minimum atomic E-state index is -1.04. The number of piperidine rings is 2. The van der Waals surface area contributed by atoms with Crippen LogP contribution in [0.25, 0.3) is 22.3 Å². The molecule has 3 aromatic carbocycles. The molecular weight excluding hydrogens is 773 g/mol. The first kappa shape index (κ1) is 40.5. The average Bonchev–Trinajstić information content (AvgIpc) is 3.78. The summed E-state index contributed by atoms with van der Waals surface area (Å²) in [5.74, 6) is -0.162. The van der Waals surface area contributed by atoms with E-state index in [4.69, 9.17) is 34.5 Å². The van der Waals surface area contributed by atoms with Crippen LogP contribution in [-0.4, -0.2) is 125 Å². The zero-order chi connectivity index (χ0) is 41.4. The second-order valence-electron chi connectivity index (χ2n) is 14.6. The van der Waals surface area contributed by atoms with Gasteiger partial charge in [0, 0.05) is 31.6 Å². The van der Waals surface area contributed by atoms with E-state index in [0.29, 0.717) is 38.9 Å². The first-order chi connectivity index (χ1) is 29.4. The van der Waals surface area contributed by atoms with Crippen LogP contribution < -0.4 is 20.5 Å². The Balaban J connectivity index is 0.707. The maximum absolute atomic E-state index is 13.2. The number of aromatic nitrogens is 4. The normalized spacial score (nSPS) is 17.3. The Hall–Kier alpha value is -6.27. The van der Waals surface area contributed by atoms with E-state index in [1.165, 1.54) is 12.4 Å². The van der Waals surface area contributed by atoms with E-state index < -0.39 is 29.7 Å². The second-order valence-corrected chi connectivity index (χ2v) is 14.6. The van der Waals surface area contributed by atoms with Gasteiger partial charge < -0.3 is 34.3 Å². The van der Waals surface area contributed by atoms with Gasteiger partial charge in [-0.2, -0.15) is 5.10 Å². The van der Waals surface area contributed by atoms with E-state index in [1.54, 1.807) is 12.1 Å². The monoisotopic (exact) mass is 818 g/mol. The van der Waals surface area contributed by atoms with Gasteiger partial charge in [0.2, 0.25) is 11.8 Å². The van der Waals surface area contributed by atoms with Gasteiger partial charge in [-0.05, 0) is 67.8 Å². The molecule has 0 radical (unpaired) electrons. The van der Waals surface area contributed by atoms with Crippen LogP contribution >= 0.6 is 0 Å². The predicted molar refractivity (Wildman–Crippen MR) is 217 cm³/mol. The van der Waals surface area contributed by atoms with Crippen molar-refractivity contribution in [2.45, 2.75) is 37.8 Å². The fourth-order valence-corrected chi connectivity index (χ4v) is 7.70. The Labute approximate surface area is 345 Å². The van der Waals surface area contributed by atoms with Crippen molar-refractivity contribution in [2.24, 2.45) is 0 Å². The van der Waals surface area contributed by atoms with Gasteiger partial charge in [-0.3, -0.25) is 29.4 Å². The smallest absolute Gasteiger partial charge is 0.266 e. The van der Waals surface area contributed by atoms with Crippen LogP contribution in [0.3, 0.4) is 0 Å². The van der Waals surface area contributed by atoms with Crippen molar-refractivity contribution >= 4 is 40.5 Å². The molecule has 60 heavy (non-hydrogen) atoms. The highest BCUT2D eigenvalue weighted by Crippen LogP contribution is 2.36. The SMILES string of the molecule is Nc1ncnc2c1c(-c1ccc(Oc3ccccc3)cc1)nn2C1CCN(CCOCCOCCOCCOc2cccc3c2C(=O)N(C2CCC(=O)NC2=O)C3=O)CC1. The van der Waals surface area contributed by atoms with Crippen molar-refractivity contribution in [1.82, 2.24) is 34.9 Å². The van der Waals surface area contributed by atoms with Crippen LogP contribution in [0.1, 0.15) is 52.4 Å². The summed E-state index contributed by atoms with van der Waals surface area (Å²) in [4.78, 5) is 62.3. The van der Waals surface area contributed by atoms with E-state index in [0.717, 1.165) is 71.2 Å². The Morgan fingerprint density at radius 1 is 0.733 bits per heavy atom. The number of nitrogens with one attached hydrogen (secondary N) is 1. The standard InChI is InChI=1S/C43H46N8O9/c44-39-37-38(28-9-11-31(12-10-28)60-30-5-2-1-3-6-30)48-51(40(37)46-27-45-39)29-15-17-49(18-16-29)19-20-56-21-22-57-23-24-58-25-26-59-34-8-4-7-32-36(34)43(55)50(42(32)54)33-13-14-35(52)47-41(33)53/h1-12,27,29,33H,13-26H2,(H2,44,45,46)(H,47,52,53). The number of carbonyl (C=O) groups is 4. The molecule has 2 saturated heterocycles. The second kappa shape index (κ2) is 18.8. The lowest BCUT2D eigenvalue weighted by atomic mass is 10.0. The number of nitrogens with zero attached hydrogens (tertiary/aromatic N) is 6. The molecule has 8 rings (SSSR count). The lowest BCUT2D eigenvalue weighted by molar-refractivity contribution is -0.136. The van der Waals surface area contributed by atoms with Crippen molar-refractivity contribution in [3.05, 3.63) is 90.3 Å². The van der Waals surface area contributed by atoms with Gasteiger partial charge in [0.1, 0.15) is 47.7 Å². The van der Waals surface area contributed by atoms with E-state index >= 15 is 0 Å². The molecule has 0 bridgehead atoms. The molecule has 2 aromatic heterocycles. The number of anilines is 1. The van der Waals surface area contributed by atoms with Crippen LogP contribution in [-0.2, 0) is 23.8 Å². The molecule has 312 valence electrons. The molecule has 17 nitrogen and oxygen atoms in total. The average molecular weight is 819 g/mol. The molecule has 1 unspecified atom stereocenters. The number of amides is 4. The molecule has 0 saturated carbocycles. The number of likely N-dealkylation sites (tertiary alicyclic amines) is 1. The third kappa shape index (κ3) is 8.98. The van der Waals surface area contributed by atoms with Crippen molar-refractivity contribution in [3.63, 3.8) is 0 Å². The zero-order valence-electron chi connectivity index (χ0n) is 33.0. The molecule has 1 atom stereocenters. The number of nitrogens with two attached hydrogens (primary N) is 1. The fraction of sp³-hybridized carbons (Fsp3) is 0.372. The van der Waals surface area contributed by atoms with Crippen LogP contribution in [0.2, 0.25) is 0 Å². The number of fused-ring (bicyclic) bond motifs is 2. The summed E-state index contributed by atoms with van der Waals surface area (Å²) < 4.78 is 30.9. The van der Waals surface area contributed by atoms with Gasteiger partial charge in [0.25, 0.3) is 11.8 Å². The molecule has 5 heterocycles. The molecule has 0 spiro atoms. The minimum Gasteiger partial charge on any atom is -0.490 e. The third-order valence-electron chi connectivity index (χ3n) is 10.7. The molecular formula is C43H46N8O9. The Morgan fingerprint density at radius 2 is 1.43 bits per heavy atom. The molecule has 3 aliphatic heterocycles. The van der Waals surface area contributed by atoms with E-state index in [1.807, 2.05) is 59.3 Å². The highest BCUT2D eigenvalue weighted by Gasteiger charge is 2.46. The number of hydrogen-bond acceptors (Lipinski definition) is 14. The van der Waals surface area contributed by atoms with Gasteiger partial charge in [0.15, 0.2) is 5.65 Å². The van der Waals surface area contributed by atoms with Gasteiger partial charge >= 0.3 is 0 Å². The van der Waals surface area contributed by atoms with Gasteiger partial charge in [-0.15, -0.1) is 0 Å². The van der Waals surface area contributed by atoms with Crippen molar-refractivity contribution < 1.29 is 42.9 Å². The molecule has 3 N–H and O–H groups in total. The highest BCUT2D eigenvalue weighted by molar-refractivity contribution is 6.24. The summed E-state index contributed by atoms with van der Waals surface area (Å²) in [6.07, 6.45) is 3.44. The Bertz CT molecular complexity index is 2330. The molecule has 0 aliphatic carbocycles. The molecule has 5 aromatic rings. The summed E-state index contributed by atoms with van der Waals surface area (Å²) in [7, 11) is 0. The largest absolute Gasteiger partial charge is 0.490 e. The number of carbonyl (C=O) groups excluding carboxylic acids is 4. The van der Waals surface area contributed by atoms with Crippen LogP contribution in [0.5, 0.6) is 17.2 Å². The lowest BCUT2D eigenvalue weighted by Gasteiger charge is -2.32. The molecule has 17 heteroatoms. The number of hydrogen-bond donors (Lipinski definition) is 2. The third-order valence-corrected chi connectivity index (χ3v) is 10.7. The summed E-state index contributed by atoms with van der Waals surface area (Å²) in [6, 6.07) is 21.3. The lowest BCUT2D eigenvalue weighted by Crippen LogP contribution is -2.54. The molecule has 3 aliphatic rings. The van der Waals surface area contributed by atoms with Crippen molar-refractivity contribution in [1.29, 1.82) is 0 Å². The maximum atomic E-state index is 13.2. The van der Waals surface area contributed by atoms with Gasteiger partial charge in [-0.1, -0.05) is 24.3 Å². The van der Waals surface area contributed by atoms with Crippen molar-refractivity contribution in [2.75, 3.05) is 71.6 Å². The first-order valence-electron chi connectivity index (χ1n) is 20.1. The number of imide groups is 2. The number of ether oxygens (including phenoxy) is 5. The summed E-state index contributed by atoms with van der Waals surface area (Å²) in [5.41, 5.74) is 9.04. The van der Waals surface area contributed by atoms with E-state index in [2.05, 4.69) is 20.2 Å². The highest BCUT2D eigenvalue weighted by atomic mass is 16.6. The van der Waals surface area contributed by atoms with Crippen molar-refractivity contribution in [3.8, 4) is 28.5 Å². The van der Waals surface area contributed by atoms with E-state index in [9.17, 15) is 19.2 Å². The Morgan fingerprint density at radius 3 is 2.17 bits per heavy atom. The maximum Gasteiger partial charge on any atom is 0.266 e.